The largest absolute Gasteiger partial charge is 0.444 e. The van der Waals surface area contributed by atoms with Crippen LogP contribution in [-0.4, -0.2) is 53.2 Å². The lowest BCUT2D eigenvalue weighted by Crippen LogP contribution is -2.49. The number of pyridine rings is 1. The van der Waals surface area contributed by atoms with Gasteiger partial charge in [-0.15, -0.1) is 0 Å². The molecule has 0 aliphatic carbocycles. The van der Waals surface area contributed by atoms with Crippen molar-refractivity contribution in [2.75, 3.05) is 29.0 Å². The summed E-state index contributed by atoms with van der Waals surface area (Å²) >= 11 is 0. The first-order valence-corrected chi connectivity index (χ1v) is 16.2. The predicted molar refractivity (Wildman–Crippen MR) is 156 cm³/mol. The van der Waals surface area contributed by atoms with E-state index >= 15 is 0 Å². The van der Waals surface area contributed by atoms with Crippen molar-refractivity contribution >= 4 is 42.3 Å². The maximum absolute atomic E-state index is 13.3. The quantitative estimate of drug-likeness (QED) is 0.306. The Hall–Kier alpha value is -3.70. The molecule has 1 saturated heterocycles. The van der Waals surface area contributed by atoms with Gasteiger partial charge in [-0.05, 0) is 55.2 Å². The molecule has 4 aromatic rings. The van der Waals surface area contributed by atoms with Crippen LogP contribution in [0.2, 0.25) is 18.1 Å². The summed E-state index contributed by atoms with van der Waals surface area (Å²) in [7, 11) is -0.0254. The molecule has 39 heavy (non-hydrogen) atoms. The van der Waals surface area contributed by atoms with E-state index < -0.39 is 8.32 Å². The van der Waals surface area contributed by atoms with Crippen LogP contribution in [0.4, 0.5) is 17.2 Å². The van der Waals surface area contributed by atoms with E-state index in [1.165, 1.54) is 6.26 Å². The van der Waals surface area contributed by atoms with Crippen LogP contribution < -0.4 is 16.0 Å². The van der Waals surface area contributed by atoms with E-state index in [9.17, 15) is 4.79 Å². The molecule has 11 heteroatoms. The molecule has 1 fully saturated rings. The number of carbonyl (C=O) groups is 1. The standard InChI is InChI=1S/C28H37N7O3Si/c1-28(2,3)39(5,6)38-20-8-7-11-35(16-20)24-14-21-19(15-34(4)33-21)12-22(24)31-26(36)23-17-37-27(32-23)18-9-10-30-25(29)13-18/h9-10,12-15,17,20H,7-8,11,16H2,1-6H3,(H2,29,30)(H,31,36). The number of nitrogens with zero attached hydrogens (tertiary/aromatic N) is 5. The molecule has 1 atom stereocenters. The van der Waals surface area contributed by atoms with Gasteiger partial charge in [0.15, 0.2) is 14.0 Å². The van der Waals surface area contributed by atoms with E-state index in [2.05, 4.69) is 59.1 Å². The van der Waals surface area contributed by atoms with E-state index in [4.69, 9.17) is 14.6 Å². The van der Waals surface area contributed by atoms with Gasteiger partial charge < -0.3 is 24.8 Å². The molecule has 1 aliphatic heterocycles. The number of piperidine rings is 1. The van der Waals surface area contributed by atoms with E-state index in [-0.39, 0.29) is 22.7 Å². The highest BCUT2D eigenvalue weighted by Crippen LogP contribution is 2.39. The molecule has 3 aromatic heterocycles. The fraction of sp³-hybridized carbons (Fsp3) is 0.429. The highest BCUT2D eigenvalue weighted by molar-refractivity contribution is 6.74. The summed E-state index contributed by atoms with van der Waals surface area (Å²) in [5.74, 6) is 0.296. The Morgan fingerprint density at radius 3 is 2.79 bits per heavy atom. The molecule has 0 spiro atoms. The molecule has 1 aliphatic rings. The molecule has 1 aromatic carbocycles. The molecule has 4 heterocycles. The summed E-state index contributed by atoms with van der Waals surface area (Å²) in [5.41, 5.74) is 9.11. The van der Waals surface area contributed by atoms with Crippen LogP contribution in [0, 0.1) is 0 Å². The number of nitrogen functional groups attached to an aromatic ring is 1. The Labute approximate surface area is 229 Å². The van der Waals surface area contributed by atoms with Gasteiger partial charge in [0, 0.05) is 43.5 Å². The first-order chi connectivity index (χ1) is 18.4. The first kappa shape index (κ1) is 26.9. The van der Waals surface area contributed by atoms with Gasteiger partial charge in [0.1, 0.15) is 12.1 Å². The van der Waals surface area contributed by atoms with Crippen LogP contribution in [0.5, 0.6) is 0 Å². The average molecular weight is 548 g/mol. The molecule has 5 rings (SSSR count). The minimum absolute atomic E-state index is 0.133. The Morgan fingerprint density at radius 1 is 1.26 bits per heavy atom. The average Bonchev–Trinajstić information content (AvgIpc) is 3.49. The van der Waals surface area contributed by atoms with Gasteiger partial charge in [0.2, 0.25) is 5.89 Å². The van der Waals surface area contributed by atoms with Gasteiger partial charge in [0.05, 0.1) is 23.0 Å². The molecule has 0 radical (unpaired) electrons. The van der Waals surface area contributed by atoms with Gasteiger partial charge in [-0.3, -0.25) is 9.48 Å². The normalized spacial score (nSPS) is 16.6. The van der Waals surface area contributed by atoms with Crippen molar-refractivity contribution in [3.8, 4) is 11.5 Å². The number of hydrogen-bond donors (Lipinski definition) is 2. The SMILES string of the molecule is Cn1cc2cc(NC(=O)c3coc(-c4ccnc(N)c4)n3)c(N3CCCC(O[Si](C)(C)C(C)(C)C)C3)cc2n1. The van der Waals surface area contributed by atoms with Gasteiger partial charge in [0.25, 0.3) is 5.91 Å². The van der Waals surface area contributed by atoms with Crippen molar-refractivity contribution in [3.05, 3.63) is 48.6 Å². The van der Waals surface area contributed by atoms with Crippen LogP contribution >= 0.6 is 0 Å². The summed E-state index contributed by atoms with van der Waals surface area (Å²) in [6, 6.07) is 7.41. The third-order valence-electron chi connectivity index (χ3n) is 7.74. The molecule has 0 bridgehead atoms. The zero-order valence-corrected chi connectivity index (χ0v) is 24.5. The zero-order chi connectivity index (χ0) is 27.9. The Balaban J connectivity index is 1.42. The summed E-state index contributed by atoms with van der Waals surface area (Å²) in [4.78, 5) is 24.0. The Kier molecular flexibility index (Phi) is 6.98. The van der Waals surface area contributed by atoms with Crippen LogP contribution in [0.15, 0.2) is 47.3 Å². The first-order valence-electron chi connectivity index (χ1n) is 13.3. The van der Waals surface area contributed by atoms with Gasteiger partial charge in [-0.2, -0.15) is 5.10 Å². The molecule has 206 valence electrons. The fourth-order valence-corrected chi connectivity index (χ4v) is 6.05. The van der Waals surface area contributed by atoms with Crippen LogP contribution in [0.1, 0.15) is 44.1 Å². The van der Waals surface area contributed by atoms with Crippen LogP contribution in [0.3, 0.4) is 0 Å². The van der Waals surface area contributed by atoms with Crippen molar-refractivity contribution in [1.29, 1.82) is 0 Å². The van der Waals surface area contributed by atoms with Crippen molar-refractivity contribution in [1.82, 2.24) is 19.7 Å². The summed E-state index contributed by atoms with van der Waals surface area (Å²) in [5, 5.41) is 8.77. The minimum Gasteiger partial charge on any atom is -0.444 e. The lowest BCUT2D eigenvalue weighted by molar-refractivity contribution is 0.102. The number of aryl methyl sites for hydroxylation is 1. The number of benzene rings is 1. The highest BCUT2D eigenvalue weighted by atomic mass is 28.4. The van der Waals surface area contributed by atoms with E-state index in [0.29, 0.717) is 23.0 Å². The Morgan fingerprint density at radius 2 is 2.05 bits per heavy atom. The molecule has 3 N–H and O–H groups in total. The monoisotopic (exact) mass is 547 g/mol. The summed E-state index contributed by atoms with van der Waals surface area (Å²) in [6.45, 7) is 13.0. The van der Waals surface area contributed by atoms with E-state index in [0.717, 1.165) is 42.5 Å². The van der Waals surface area contributed by atoms with Gasteiger partial charge in [-0.1, -0.05) is 20.8 Å². The molecular formula is C28H37N7O3Si. The third kappa shape index (κ3) is 5.69. The van der Waals surface area contributed by atoms with E-state index in [1.807, 2.05) is 25.4 Å². The lowest BCUT2D eigenvalue weighted by Gasteiger charge is -2.43. The predicted octanol–water partition coefficient (Wildman–Crippen LogP) is 5.45. The van der Waals surface area contributed by atoms with Gasteiger partial charge in [-0.25, -0.2) is 9.97 Å². The van der Waals surface area contributed by atoms with Gasteiger partial charge >= 0.3 is 0 Å². The van der Waals surface area contributed by atoms with Crippen molar-refractivity contribution in [2.24, 2.45) is 7.05 Å². The number of rotatable bonds is 6. The smallest absolute Gasteiger partial charge is 0.277 e. The molecule has 1 amide bonds. The maximum atomic E-state index is 13.3. The second kappa shape index (κ2) is 10.1. The molecule has 0 saturated carbocycles. The summed E-state index contributed by atoms with van der Waals surface area (Å²) < 4.78 is 14.1. The number of nitrogens with two attached hydrogens (primary N) is 1. The number of nitrogens with one attached hydrogen (secondary N) is 1. The lowest BCUT2D eigenvalue weighted by atomic mass is 10.1. The van der Waals surface area contributed by atoms with Crippen molar-refractivity contribution in [2.45, 2.75) is 57.8 Å². The highest BCUT2D eigenvalue weighted by Gasteiger charge is 2.40. The second-order valence-corrected chi connectivity index (χ2v) is 16.5. The fourth-order valence-electron chi connectivity index (χ4n) is 4.67. The number of oxazole rings is 1. The number of fused-ring (bicyclic) bond motifs is 1. The van der Waals surface area contributed by atoms with Crippen LogP contribution in [-0.2, 0) is 11.5 Å². The number of hydrogen-bond acceptors (Lipinski definition) is 8. The third-order valence-corrected chi connectivity index (χ3v) is 12.3. The van der Waals surface area contributed by atoms with Crippen molar-refractivity contribution < 1.29 is 13.6 Å². The Bertz CT molecular complexity index is 1500. The topological polar surface area (TPSA) is 124 Å². The number of aromatic nitrogens is 4. The minimum atomic E-state index is -1.92. The molecule has 10 nitrogen and oxygen atoms in total. The van der Waals surface area contributed by atoms with E-state index in [1.54, 1.807) is 23.0 Å². The molecular weight excluding hydrogens is 510 g/mol. The number of anilines is 3. The second-order valence-electron chi connectivity index (χ2n) is 11.8. The maximum Gasteiger partial charge on any atom is 0.277 e. The summed E-state index contributed by atoms with van der Waals surface area (Å²) in [6.07, 6.45) is 7.04. The molecule has 1 unspecified atom stereocenters. The number of carbonyl (C=O) groups excluding carboxylic acids is 1. The van der Waals surface area contributed by atoms with Crippen molar-refractivity contribution in [3.63, 3.8) is 0 Å². The zero-order valence-electron chi connectivity index (χ0n) is 23.5. The van der Waals surface area contributed by atoms with Crippen LogP contribution in [0.25, 0.3) is 22.4 Å². The number of amides is 1.